The fraction of sp³-hybridized carbons (Fsp3) is 0.571. The number of benzene rings is 1. The molecule has 1 aliphatic heterocycles. The van der Waals surface area contributed by atoms with Crippen LogP contribution in [0.1, 0.15) is 11.1 Å². The van der Waals surface area contributed by atoms with Crippen molar-refractivity contribution < 1.29 is 5.11 Å². The molecule has 1 atom stereocenters. The van der Waals surface area contributed by atoms with Gasteiger partial charge in [0.25, 0.3) is 0 Å². The topological polar surface area (TPSA) is 35.5 Å². The van der Waals surface area contributed by atoms with Crippen molar-refractivity contribution in [2.45, 2.75) is 19.4 Å². The van der Waals surface area contributed by atoms with Crippen LogP contribution in [-0.2, 0) is 6.42 Å². The van der Waals surface area contributed by atoms with Crippen molar-refractivity contribution in [3.05, 3.63) is 35.4 Å². The van der Waals surface area contributed by atoms with Crippen LogP contribution < -0.4 is 5.32 Å². The summed E-state index contributed by atoms with van der Waals surface area (Å²) < 4.78 is 0. The van der Waals surface area contributed by atoms with Gasteiger partial charge in [-0.1, -0.05) is 29.8 Å². The standard InChI is InChI=1S/C14H22N2O/c1-12-3-2-4-13(9-12)10-14(11-17)16-7-5-15-6-8-16/h2-4,9,14-15,17H,5-8,10-11H2,1H3. The number of nitrogens with zero attached hydrogens (tertiary/aromatic N) is 1. The minimum absolute atomic E-state index is 0.244. The van der Waals surface area contributed by atoms with Crippen LogP contribution in [0.4, 0.5) is 0 Å². The third-order valence-electron chi connectivity index (χ3n) is 3.43. The fourth-order valence-electron chi connectivity index (χ4n) is 2.47. The van der Waals surface area contributed by atoms with E-state index in [1.165, 1.54) is 11.1 Å². The van der Waals surface area contributed by atoms with Crippen LogP contribution in [-0.4, -0.2) is 48.8 Å². The van der Waals surface area contributed by atoms with Crippen LogP contribution in [0.25, 0.3) is 0 Å². The maximum atomic E-state index is 9.55. The molecular weight excluding hydrogens is 212 g/mol. The van der Waals surface area contributed by atoms with Crippen LogP contribution in [0, 0.1) is 6.92 Å². The van der Waals surface area contributed by atoms with Gasteiger partial charge in [0.05, 0.1) is 6.61 Å². The number of aryl methyl sites for hydroxylation is 1. The van der Waals surface area contributed by atoms with Crippen molar-refractivity contribution >= 4 is 0 Å². The van der Waals surface area contributed by atoms with E-state index in [9.17, 15) is 5.11 Å². The number of aliphatic hydroxyl groups is 1. The molecule has 1 aromatic carbocycles. The first-order valence-corrected chi connectivity index (χ1v) is 6.41. The van der Waals surface area contributed by atoms with Crippen LogP contribution in [0.5, 0.6) is 0 Å². The highest BCUT2D eigenvalue weighted by Crippen LogP contribution is 2.11. The van der Waals surface area contributed by atoms with E-state index in [1.54, 1.807) is 0 Å². The second kappa shape index (κ2) is 6.15. The third-order valence-corrected chi connectivity index (χ3v) is 3.43. The van der Waals surface area contributed by atoms with Gasteiger partial charge in [0.15, 0.2) is 0 Å². The van der Waals surface area contributed by atoms with Crippen molar-refractivity contribution in [2.75, 3.05) is 32.8 Å². The molecule has 0 radical (unpaired) electrons. The molecule has 0 spiro atoms. The highest BCUT2D eigenvalue weighted by Gasteiger charge is 2.19. The molecule has 2 N–H and O–H groups in total. The van der Waals surface area contributed by atoms with Crippen molar-refractivity contribution in [1.29, 1.82) is 0 Å². The Kier molecular flexibility index (Phi) is 4.54. The molecule has 0 saturated carbocycles. The van der Waals surface area contributed by atoms with E-state index in [4.69, 9.17) is 0 Å². The zero-order valence-corrected chi connectivity index (χ0v) is 10.5. The van der Waals surface area contributed by atoms with Crippen molar-refractivity contribution in [3.8, 4) is 0 Å². The first-order chi connectivity index (χ1) is 8.29. The van der Waals surface area contributed by atoms with Crippen LogP contribution in [0.15, 0.2) is 24.3 Å². The van der Waals surface area contributed by atoms with E-state index in [2.05, 4.69) is 41.4 Å². The number of aliphatic hydroxyl groups excluding tert-OH is 1. The average Bonchev–Trinajstić information content (AvgIpc) is 2.37. The molecule has 1 fully saturated rings. The summed E-state index contributed by atoms with van der Waals surface area (Å²) in [6.07, 6.45) is 0.943. The summed E-state index contributed by atoms with van der Waals surface area (Å²) in [4.78, 5) is 2.39. The first kappa shape index (κ1) is 12.6. The predicted octanol–water partition coefficient (Wildman–Crippen LogP) is 0.804. The zero-order chi connectivity index (χ0) is 12.1. The summed E-state index contributed by atoms with van der Waals surface area (Å²) in [5.74, 6) is 0. The molecule has 2 rings (SSSR count). The van der Waals surface area contributed by atoms with Crippen LogP contribution in [0.2, 0.25) is 0 Å². The minimum atomic E-state index is 0.244. The van der Waals surface area contributed by atoms with Crippen molar-refractivity contribution in [3.63, 3.8) is 0 Å². The maximum absolute atomic E-state index is 9.55. The molecule has 1 heterocycles. The Hall–Kier alpha value is -0.900. The Balaban J connectivity index is 1.98. The molecule has 1 aromatic rings. The third kappa shape index (κ3) is 3.53. The largest absolute Gasteiger partial charge is 0.395 e. The molecule has 0 amide bonds. The molecular formula is C14H22N2O. The molecule has 3 nitrogen and oxygen atoms in total. The number of rotatable bonds is 4. The lowest BCUT2D eigenvalue weighted by atomic mass is 10.0. The Labute approximate surface area is 103 Å². The number of hydrogen-bond acceptors (Lipinski definition) is 3. The second-order valence-electron chi connectivity index (χ2n) is 4.82. The summed E-state index contributed by atoms with van der Waals surface area (Å²) >= 11 is 0. The number of hydrogen-bond donors (Lipinski definition) is 2. The van der Waals surface area contributed by atoms with Gasteiger partial charge in [0.1, 0.15) is 0 Å². The van der Waals surface area contributed by atoms with Crippen molar-refractivity contribution in [1.82, 2.24) is 10.2 Å². The molecule has 0 bridgehead atoms. The summed E-state index contributed by atoms with van der Waals surface area (Å²) in [7, 11) is 0. The Morgan fingerprint density at radius 2 is 2.12 bits per heavy atom. The average molecular weight is 234 g/mol. The predicted molar refractivity (Wildman–Crippen MR) is 70.2 cm³/mol. The summed E-state index contributed by atoms with van der Waals surface area (Å²) in [6.45, 7) is 6.50. The van der Waals surface area contributed by atoms with E-state index in [0.717, 1.165) is 32.6 Å². The van der Waals surface area contributed by atoms with Gasteiger partial charge in [-0.3, -0.25) is 4.90 Å². The Morgan fingerprint density at radius 3 is 2.76 bits per heavy atom. The highest BCUT2D eigenvalue weighted by atomic mass is 16.3. The molecule has 0 aromatic heterocycles. The van der Waals surface area contributed by atoms with Gasteiger partial charge < -0.3 is 10.4 Å². The van der Waals surface area contributed by atoms with E-state index >= 15 is 0 Å². The van der Waals surface area contributed by atoms with E-state index < -0.39 is 0 Å². The van der Waals surface area contributed by atoms with Gasteiger partial charge >= 0.3 is 0 Å². The highest BCUT2D eigenvalue weighted by molar-refractivity contribution is 5.23. The minimum Gasteiger partial charge on any atom is -0.395 e. The fourth-order valence-corrected chi connectivity index (χ4v) is 2.47. The van der Waals surface area contributed by atoms with Crippen molar-refractivity contribution in [2.24, 2.45) is 0 Å². The summed E-state index contributed by atoms with van der Waals surface area (Å²) in [6, 6.07) is 8.83. The second-order valence-corrected chi connectivity index (χ2v) is 4.82. The molecule has 1 aliphatic rings. The van der Waals surface area contributed by atoms with Crippen LogP contribution in [0.3, 0.4) is 0 Å². The molecule has 1 unspecified atom stereocenters. The lowest BCUT2D eigenvalue weighted by Crippen LogP contribution is -2.50. The lowest BCUT2D eigenvalue weighted by molar-refractivity contribution is 0.110. The number of piperazine rings is 1. The molecule has 0 aliphatic carbocycles. The zero-order valence-electron chi connectivity index (χ0n) is 10.5. The van der Waals surface area contributed by atoms with E-state index in [0.29, 0.717) is 0 Å². The quantitative estimate of drug-likeness (QED) is 0.809. The van der Waals surface area contributed by atoms with E-state index in [-0.39, 0.29) is 12.6 Å². The van der Waals surface area contributed by atoms with Gasteiger partial charge in [0.2, 0.25) is 0 Å². The smallest absolute Gasteiger partial charge is 0.0590 e. The first-order valence-electron chi connectivity index (χ1n) is 6.41. The Morgan fingerprint density at radius 1 is 1.35 bits per heavy atom. The molecule has 17 heavy (non-hydrogen) atoms. The number of nitrogens with one attached hydrogen (secondary N) is 1. The SMILES string of the molecule is Cc1cccc(CC(CO)N2CCNCC2)c1. The van der Waals surface area contributed by atoms with Gasteiger partial charge in [-0.25, -0.2) is 0 Å². The van der Waals surface area contributed by atoms with Gasteiger partial charge in [0, 0.05) is 32.2 Å². The molecule has 1 saturated heterocycles. The molecule has 94 valence electrons. The van der Waals surface area contributed by atoms with E-state index in [1.807, 2.05) is 0 Å². The summed E-state index contributed by atoms with van der Waals surface area (Å²) in [5, 5.41) is 12.9. The normalized spacial score (nSPS) is 19.2. The van der Waals surface area contributed by atoms with Crippen LogP contribution >= 0.6 is 0 Å². The van der Waals surface area contributed by atoms with Gasteiger partial charge in [-0.05, 0) is 18.9 Å². The monoisotopic (exact) mass is 234 g/mol. The van der Waals surface area contributed by atoms with Gasteiger partial charge in [-0.2, -0.15) is 0 Å². The maximum Gasteiger partial charge on any atom is 0.0590 e. The van der Waals surface area contributed by atoms with Gasteiger partial charge in [-0.15, -0.1) is 0 Å². The lowest BCUT2D eigenvalue weighted by Gasteiger charge is -2.34. The molecule has 3 heteroatoms. The Bertz CT molecular complexity index is 348. The summed E-state index contributed by atoms with van der Waals surface area (Å²) in [5.41, 5.74) is 2.61.